The Labute approximate surface area is 124 Å². The maximum absolute atomic E-state index is 12.0. The molecule has 0 aliphatic heterocycles. The van der Waals surface area contributed by atoms with Crippen molar-refractivity contribution in [2.45, 2.75) is 38.5 Å². The Kier molecular flexibility index (Phi) is 4.21. The third-order valence-electron chi connectivity index (χ3n) is 4.75. The number of halogens is 1. The van der Waals surface area contributed by atoms with Crippen molar-refractivity contribution in [3.05, 3.63) is 6.67 Å². The first-order valence-electron chi connectivity index (χ1n) is 6.31. The molecule has 4 saturated carbocycles. The molecule has 4 aliphatic carbocycles. The molecular weight excluding hydrogens is 230 g/mol. The van der Waals surface area contributed by atoms with Crippen molar-refractivity contribution in [1.29, 1.82) is 0 Å². The predicted molar refractivity (Wildman–Crippen MR) is 57.0 cm³/mol. The van der Waals surface area contributed by atoms with E-state index in [0.29, 0.717) is 6.67 Å². The van der Waals surface area contributed by atoms with Crippen molar-refractivity contribution >= 4 is 5.97 Å². The number of ether oxygens (including phenoxy) is 1. The van der Waals surface area contributed by atoms with E-state index in [2.05, 4.69) is 0 Å². The number of carbonyl (C=O) groups is 1. The molecule has 4 aliphatic rings. The van der Waals surface area contributed by atoms with Crippen LogP contribution in [0.4, 0.5) is 4.39 Å². The number of hydrogen-bond acceptors (Lipinski definition) is 2. The summed E-state index contributed by atoms with van der Waals surface area (Å²) < 4.78 is 16.9. The summed E-state index contributed by atoms with van der Waals surface area (Å²) in [7, 11) is 0. The van der Waals surface area contributed by atoms with Gasteiger partial charge in [-0.1, -0.05) is 0 Å². The van der Waals surface area contributed by atoms with Gasteiger partial charge >= 0.3 is 35.5 Å². The average molecular weight is 248 g/mol. The fraction of sp³-hybridized carbons (Fsp3) is 0.846. The summed E-state index contributed by atoms with van der Waals surface area (Å²) in [6.07, 6.45) is 6.89. The number of hydrogen-bond donors (Lipinski definition) is 0. The molecule has 0 radical (unpaired) electrons. The van der Waals surface area contributed by atoms with Gasteiger partial charge in [0.25, 0.3) is 0 Å². The molecule has 90 valence electrons. The van der Waals surface area contributed by atoms with Crippen LogP contribution >= 0.6 is 0 Å². The van der Waals surface area contributed by atoms with Crippen LogP contribution < -0.4 is 29.6 Å². The van der Waals surface area contributed by atoms with Gasteiger partial charge in [-0.25, -0.2) is 0 Å². The van der Waals surface area contributed by atoms with Crippen LogP contribution in [0.15, 0.2) is 0 Å². The molecular formula is C13H18FNaO2. The summed E-state index contributed by atoms with van der Waals surface area (Å²) in [5.41, 5.74) is -0.238. The first kappa shape index (κ1) is 13.8. The molecule has 4 bridgehead atoms. The minimum atomic E-state index is -0.238. The molecule has 0 aromatic carbocycles. The molecule has 0 saturated heterocycles. The van der Waals surface area contributed by atoms with E-state index in [1.165, 1.54) is 19.3 Å². The van der Waals surface area contributed by atoms with E-state index in [1.54, 1.807) is 0 Å². The smallest absolute Gasteiger partial charge is 0.496 e. The van der Waals surface area contributed by atoms with E-state index in [-0.39, 0.29) is 47.5 Å². The summed E-state index contributed by atoms with van der Waals surface area (Å²) >= 11 is 0. The van der Waals surface area contributed by atoms with E-state index in [0.717, 1.165) is 37.0 Å². The van der Waals surface area contributed by atoms with Crippen LogP contribution in [0.1, 0.15) is 38.5 Å². The first-order valence-corrected chi connectivity index (χ1v) is 6.31. The molecule has 0 unspecified atom stereocenters. The summed E-state index contributed by atoms with van der Waals surface area (Å²) in [6, 6.07) is 0. The van der Waals surface area contributed by atoms with Crippen LogP contribution in [-0.4, -0.2) is 12.6 Å². The molecule has 0 amide bonds. The van der Waals surface area contributed by atoms with Crippen LogP contribution in [0.3, 0.4) is 0 Å². The number of esters is 1. The van der Waals surface area contributed by atoms with Crippen LogP contribution in [-0.2, 0) is 9.53 Å². The van der Waals surface area contributed by atoms with Gasteiger partial charge in [0.2, 0.25) is 0 Å². The predicted octanol–water partition coefficient (Wildman–Crippen LogP) is -0.119. The van der Waals surface area contributed by atoms with Crippen molar-refractivity contribution in [3.63, 3.8) is 0 Å². The van der Waals surface area contributed by atoms with Gasteiger partial charge in [0.05, 0.1) is 5.41 Å². The first-order chi connectivity index (χ1) is 7.72. The molecule has 0 spiro atoms. The summed E-state index contributed by atoms with van der Waals surface area (Å²) in [5.74, 6) is 2.05. The van der Waals surface area contributed by atoms with Gasteiger partial charge in [-0.2, -0.15) is 0 Å². The topological polar surface area (TPSA) is 26.3 Å². The van der Waals surface area contributed by atoms with Crippen molar-refractivity contribution in [1.82, 2.24) is 0 Å². The van der Waals surface area contributed by atoms with Gasteiger partial charge in [0.15, 0.2) is 0 Å². The normalized spacial score (nSPS) is 42.1. The second kappa shape index (κ2) is 5.18. The van der Waals surface area contributed by atoms with Crippen LogP contribution in [0.5, 0.6) is 0 Å². The van der Waals surface area contributed by atoms with Gasteiger partial charge in [-0.05, 0) is 62.9 Å². The van der Waals surface area contributed by atoms with Crippen LogP contribution in [0, 0.1) is 29.8 Å². The van der Waals surface area contributed by atoms with Crippen LogP contribution in [0.25, 0.3) is 0 Å². The van der Waals surface area contributed by atoms with Crippen LogP contribution in [0.2, 0.25) is 0 Å². The van der Waals surface area contributed by atoms with Gasteiger partial charge in [-0.3, -0.25) is 4.79 Å². The average Bonchev–Trinajstić information content (AvgIpc) is 2.24. The van der Waals surface area contributed by atoms with Crippen molar-refractivity contribution < 1.29 is 43.5 Å². The second-order valence-electron chi connectivity index (χ2n) is 5.95. The monoisotopic (exact) mass is 248 g/mol. The molecule has 0 atom stereocenters. The van der Waals surface area contributed by atoms with Crippen molar-refractivity contribution in [2.24, 2.45) is 23.2 Å². The minimum Gasteiger partial charge on any atom is -0.496 e. The Morgan fingerprint density at radius 3 is 2.06 bits per heavy atom. The van der Waals surface area contributed by atoms with Gasteiger partial charge in [-0.15, -0.1) is 6.67 Å². The molecule has 2 nitrogen and oxygen atoms in total. The zero-order valence-corrected chi connectivity index (χ0v) is 12.5. The van der Waals surface area contributed by atoms with Crippen molar-refractivity contribution in [3.8, 4) is 0 Å². The molecule has 17 heavy (non-hydrogen) atoms. The van der Waals surface area contributed by atoms with E-state index < -0.39 is 0 Å². The quantitative estimate of drug-likeness (QED) is 0.395. The summed E-state index contributed by atoms with van der Waals surface area (Å²) in [4.78, 5) is 12.0. The molecule has 0 aromatic heterocycles. The number of carbonyl (C=O) groups excluding carboxylic acids is 1. The Morgan fingerprint density at radius 2 is 1.65 bits per heavy atom. The molecule has 4 fully saturated rings. The van der Waals surface area contributed by atoms with Gasteiger partial charge < -0.3 is 9.13 Å². The third kappa shape index (κ3) is 2.43. The Bertz CT molecular complexity index is 271. The zero-order chi connectivity index (χ0) is 11.2. The van der Waals surface area contributed by atoms with E-state index in [1.807, 2.05) is 0 Å². The van der Waals surface area contributed by atoms with Crippen molar-refractivity contribution in [2.75, 3.05) is 6.61 Å². The summed E-state index contributed by atoms with van der Waals surface area (Å²) in [6.45, 7) is 0.235. The van der Waals surface area contributed by atoms with Gasteiger partial charge in [0, 0.05) is 0 Å². The number of rotatable bonds is 3. The maximum Gasteiger partial charge on any atom is 1.00 e. The second-order valence-corrected chi connectivity index (χ2v) is 5.95. The Balaban J connectivity index is 0.00000108. The fourth-order valence-corrected chi connectivity index (χ4v) is 4.62. The Hall–Kier alpha value is 0.400. The SMILES string of the molecule is O=C(OC[CH-]F)C12CC3CC(CC(C3)C1)C2.[Na+]. The van der Waals surface area contributed by atoms with E-state index in [4.69, 9.17) is 4.74 Å². The third-order valence-corrected chi connectivity index (χ3v) is 4.75. The molecule has 4 heteroatoms. The van der Waals surface area contributed by atoms with E-state index in [9.17, 15) is 9.18 Å². The van der Waals surface area contributed by atoms with E-state index >= 15 is 0 Å². The molecule has 0 aromatic rings. The Morgan fingerprint density at radius 1 is 1.18 bits per heavy atom. The molecule has 0 N–H and O–H groups in total. The minimum absolute atomic E-state index is 0. The molecule has 4 rings (SSSR count). The molecule has 0 heterocycles. The fourth-order valence-electron chi connectivity index (χ4n) is 4.62. The standard InChI is InChI=1S/C13H18FO2.Na/c14-1-2-16-12(15)13-6-9-3-10(7-13)5-11(4-9)8-13;/h1,9-11H,2-8H2;/q-1;+1. The maximum atomic E-state index is 12.0. The largest absolute Gasteiger partial charge is 1.00 e. The zero-order valence-electron chi connectivity index (χ0n) is 10.5. The summed E-state index contributed by atoms with van der Waals surface area (Å²) in [5, 5.41) is 0. The van der Waals surface area contributed by atoms with Gasteiger partial charge in [0.1, 0.15) is 0 Å².